The number of carbonyl (C=O) groups is 1. The third kappa shape index (κ3) is 5.36. The van der Waals surface area contributed by atoms with Gasteiger partial charge in [-0.05, 0) is 50.5 Å². The summed E-state index contributed by atoms with van der Waals surface area (Å²) in [7, 11) is 1.63. The van der Waals surface area contributed by atoms with Crippen LogP contribution < -0.4 is 10.1 Å². The highest BCUT2D eigenvalue weighted by Gasteiger charge is 2.17. The molecule has 1 aromatic carbocycles. The number of hydrogen-bond donors (Lipinski definition) is 1. The van der Waals surface area contributed by atoms with Gasteiger partial charge < -0.3 is 19.5 Å². The van der Waals surface area contributed by atoms with Crippen molar-refractivity contribution in [2.45, 2.75) is 38.3 Å². The van der Waals surface area contributed by atoms with E-state index in [1.165, 1.54) is 0 Å². The van der Waals surface area contributed by atoms with E-state index in [0.29, 0.717) is 18.1 Å². The molecule has 1 N–H and O–H groups in total. The second-order valence-electron chi connectivity index (χ2n) is 7.57. The van der Waals surface area contributed by atoms with Gasteiger partial charge in [0.1, 0.15) is 18.7 Å². The lowest BCUT2D eigenvalue weighted by atomic mass is 10.1. The summed E-state index contributed by atoms with van der Waals surface area (Å²) < 4.78 is 17.9. The zero-order valence-corrected chi connectivity index (χ0v) is 17.8. The first-order chi connectivity index (χ1) is 15.1. The van der Waals surface area contributed by atoms with E-state index in [4.69, 9.17) is 14.2 Å². The van der Waals surface area contributed by atoms with Crippen LogP contribution in [0.2, 0.25) is 0 Å². The average molecular weight is 425 g/mol. The van der Waals surface area contributed by atoms with Gasteiger partial charge in [0.2, 0.25) is 5.91 Å². The van der Waals surface area contributed by atoms with Crippen LogP contribution in [0.5, 0.6) is 5.75 Å². The average Bonchev–Trinajstić information content (AvgIpc) is 3.23. The van der Waals surface area contributed by atoms with E-state index in [1.54, 1.807) is 18.0 Å². The fourth-order valence-electron chi connectivity index (χ4n) is 3.49. The van der Waals surface area contributed by atoms with Gasteiger partial charge in [0, 0.05) is 18.2 Å². The van der Waals surface area contributed by atoms with Crippen molar-refractivity contribution in [1.29, 1.82) is 0 Å². The van der Waals surface area contributed by atoms with Crippen molar-refractivity contribution in [2.75, 3.05) is 26.9 Å². The van der Waals surface area contributed by atoms with Crippen LogP contribution in [0.4, 0.5) is 0 Å². The molecule has 0 spiro atoms. The van der Waals surface area contributed by atoms with Gasteiger partial charge >= 0.3 is 0 Å². The van der Waals surface area contributed by atoms with Crippen LogP contribution in [0.25, 0.3) is 16.9 Å². The molecule has 1 fully saturated rings. The van der Waals surface area contributed by atoms with Gasteiger partial charge in [-0.2, -0.15) is 0 Å². The molecule has 9 nitrogen and oxygen atoms in total. The highest BCUT2D eigenvalue weighted by Crippen LogP contribution is 2.21. The number of ether oxygens (including phenoxy) is 3. The smallest absolute Gasteiger partial charge is 0.246 e. The standard InChI is InChI=1S/C22H27N5O4/c1-15(24-21(28)13-30-12-18-5-3-4-10-31-18)22-25-20-11-19(23-14-27(20)26-22)16-6-8-17(29-2)9-7-16/h6-9,11,14-15,18H,3-5,10,12-13H2,1-2H3,(H,24,28)/t15-,18?/m0/s1. The van der Waals surface area contributed by atoms with Gasteiger partial charge in [-0.3, -0.25) is 4.79 Å². The Bertz CT molecular complexity index is 1010. The Morgan fingerprint density at radius 2 is 2.16 bits per heavy atom. The van der Waals surface area contributed by atoms with Crippen molar-refractivity contribution in [1.82, 2.24) is 24.9 Å². The first-order valence-electron chi connectivity index (χ1n) is 10.5. The van der Waals surface area contributed by atoms with Crippen molar-refractivity contribution < 1.29 is 19.0 Å². The number of hydrogen-bond acceptors (Lipinski definition) is 7. The molecule has 2 aromatic heterocycles. The molecule has 3 aromatic rings. The number of fused-ring (bicyclic) bond motifs is 1. The highest BCUT2D eigenvalue weighted by atomic mass is 16.5. The lowest BCUT2D eigenvalue weighted by Crippen LogP contribution is -2.32. The van der Waals surface area contributed by atoms with Crippen LogP contribution in [0, 0.1) is 0 Å². The minimum absolute atomic E-state index is 0.0132. The van der Waals surface area contributed by atoms with Crippen LogP contribution in [0.15, 0.2) is 36.7 Å². The maximum atomic E-state index is 12.2. The molecule has 1 aliphatic rings. The summed E-state index contributed by atoms with van der Waals surface area (Å²) in [5.41, 5.74) is 2.39. The summed E-state index contributed by atoms with van der Waals surface area (Å²) in [6.45, 7) is 3.04. The second kappa shape index (κ2) is 9.84. The molecule has 0 radical (unpaired) electrons. The molecular weight excluding hydrogens is 398 g/mol. The maximum absolute atomic E-state index is 12.2. The fraction of sp³-hybridized carbons (Fsp3) is 0.455. The summed E-state index contributed by atoms with van der Waals surface area (Å²) in [6.07, 6.45) is 4.93. The minimum Gasteiger partial charge on any atom is -0.497 e. The number of nitrogens with zero attached hydrogens (tertiary/aromatic N) is 4. The van der Waals surface area contributed by atoms with Crippen LogP contribution in [0.1, 0.15) is 38.1 Å². The second-order valence-corrected chi connectivity index (χ2v) is 7.57. The quantitative estimate of drug-likeness (QED) is 0.592. The monoisotopic (exact) mass is 425 g/mol. The molecule has 1 amide bonds. The fourth-order valence-corrected chi connectivity index (χ4v) is 3.49. The first kappa shape index (κ1) is 21.2. The number of methoxy groups -OCH3 is 1. The van der Waals surface area contributed by atoms with Crippen molar-refractivity contribution >= 4 is 11.6 Å². The summed E-state index contributed by atoms with van der Waals surface area (Å²) in [4.78, 5) is 21.2. The van der Waals surface area contributed by atoms with E-state index in [0.717, 1.165) is 42.9 Å². The maximum Gasteiger partial charge on any atom is 0.246 e. The van der Waals surface area contributed by atoms with Crippen LogP contribution in [0.3, 0.4) is 0 Å². The molecule has 2 atom stereocenters. The zero-order chi connectivity index (χ0) is 21.6. The molecule has 0 saturated carbocycles. The number of nitrogens with one attached hydrogen (secondary N) is 1. The number of rotatable bonds is 8. The van der Waals surface area contributed by atoms with E-state index >= 15 is 0 Å². The Hall–Kier alpha value is -3.04. The highest BCUT2D eigenvalue weighted by molar-refractivity contribution is 5.77. The van der Waals surface area contributed by atoms with E-state index in [1.807, 2.05) is 37.3 Å². The van der Waals surface area contributed by atoms with E-state index in [9.17, 15) is 4.79 Å². The molecule has 1 saturated heterocycles. The predicted octanol–water partition coefficient (Wildman–Crippen LogP) is 2.56. The lowest BCUT2D eigenvalue weighted by Gasteiger charge is -2.22. The van der Waals surface area contributed by atoms with Gasteiger partial charge in [-0.15, -0.1) is 5.10 Å². The SMILES string of the molecule is COc1ccc(-c2cc3nc([C@H](C)NC(=O)COCC4CCCCO4)nn3cn2)cc1. The van der Waals surface area contributed by atoms with Gasteiger partial charge in [0.25, 0.3) is 0 Å². The van der Waals surface area contributed by atoms with Crippen LogP contribution in [-0.4, -0.2) is 58.5 Å². The molecule has 4 rings (SSSR count). The van der Waals surface area contributed by atoms with Gasteiger partial charge in [-0.1, -0.05) is 0 Å². The molecule has 0 aliphatic carbocycles. The number of carbonyl (C=O) groups excluding carboxylic acids is 1. The van der Waals surface area contributed by atoms with Gasteiger partial charge in [0.15, 0.2) is 11.5 Å². The molecular formula is C22H27N5O4. The van der Waals surface area contributed by atoms with Gasteiger partial charge in [0.05, 0.1) is 31.6 Å². The van der Waals surface area contributed by atoms with Crippen molar-refractivity contribution in [2.24, 2.45) is 0 Å². The molecule has 0 bridgehead atoms. The normalized spacial score (nSPS) is 17.4. The lowest BCUT2D eigenvalue weighted by molar-refractivity contribution is -0.128. The Kier molecular flexibility index (Phi) is 6.73. The topological polar surface area (TPSA) is 99.9 Å². The Labute approximate surface area is 180 Å². The predicted molar refractivity (Wildman–Crippen MR) is 114 cm³/mol. The van der Waals surface area contributed by atoms with Gasteiger partial charge in [-0.25, -0.2) is 14.5 Å². The number of aromatic nitrogens is 4. The van der Waals surface area contributed by atoms with E-state index < -0.39 is 0 Å². The summed E-state index contributed by atoms with van der Waals surface area (Å²) in [5, 5.41) is 7.31. The Morgan fingerprint density at radius 1 is 1.32 bits per heavy atom. The molecule has 3 heterocycles. The molecule has 164 valence electrons. The Morgan fingerprint density at radius 3 is 2.90 bits per heavy atom. The summed E-state index contributed by atoms with van der Waals surface area (Å²) in [6, 6.07) is 9.16. The molecule has 1 aliphatic heterocycles. The Balaban J connectivity index is 1.35. The first-order valence-corrected chi connectivity index (χ1v) is 10.5. The number of benzene rings is 1. The summed E-state index contributed by atoms with van der Waals surface area (Å²) in [5.74, 6) is 1.09. The minimum atomic E-state index is -0.355. The molecule has 31 heavy (non-hydrogen) atoms. The van der Waals surface area contributed by atoms with Crippen LogP contribution in [-0.2, 0) is 14.3 Å². The number of amides is 1. The third-order valence-corrected chi connectivity index (χ3v) is 5.21. The molecule has 1 unspecified atom stereocenters. The van der Waals surface area contributed by atoms with E-state index in [-0.39, 0.29) is 24.7 Å². The molecule has 9 heteroatoms. The van der Waals surface area contributed by atoms with E-state index in [2.05, 4.69) is 20.4 Å². The van der Waals surface area contributed by atoms with Crippen molar-refractivity contribution in [3.8, 4) is 17.0 Å². The van der Waals surface area contributed by atoms with Crippen LogP contribution >= 0.6 is 0 Å². The van der Waals surface area contributed by atoms with Crippen molar-refractivity contribution in [3.05, 3.63) is 42.5 Å². The third-order valence-electron chi connectivity index (χ3n) is 5.21. The van der Waals surface area contributed by atoms with Crippen molar-refractivity contribution in [3.63, 3.8) is 0 Å². The summed E-state index contributed by atoms with van der Waals surface area (Å²) >= 11 is 0. The largest absolute Gasteiger partial charge is 0.497 e. The zero-order valence-electron chi connectivity index (χ0n) is 17.8.